The van der Waals surface area contributed by atoms with Gasteiger partial charge in [-0.05, 0) is 24.3 Å². The largest absolute Gasteiger partial charge is 0.260 e. The maximum absolute atomic E-state index is 8.53. The summed E-state index contributed by atoms with van der Waals surface area (Å²) in [5.41, 5.74) is 3.94. The molecule has 5 heteroatoms. The van der Waals surface area contributed by atoms with E-state index < -0.39 is 0 Å². The first-order chi connectivity index (χ1) is 6.86. The fourth-order valence-corrected chi connectivity index (χ4v) is 0.779. The second-order valence-corrected chi connectivity index (χ2v) is 2.36. The molecule has 0 bridgehead atoms. The van der Waals surface area contributed by atoms with E-state index in [4.69, 9.17) is 10.5 Å². The molecule has 1 aromatic rings. The van der Waals surface area contributed by atoms with Crippen LogP contribution >= 0.6 is 0 Å². The van der Waals surface area contributed by atoms with E-state index in [-0.39, 0.29) is 6.54 Å². The molecule has 0 fully saturated rings. The van der Waals surface area contributed by atoms with Gasteiger partial charge >= 0.3 is 0 Å². The highest BCUT2D eigenvalue weighted by atomic mass is 15.4. The highest BCUT2D eigenvalue weighted by Gasteiger charge is 1.90. The zero-order valence-electron chi connectivity index (χ0n) is 7.31. The van der Waals surface area contributed by atoms with Crippen molar-refractivity contribution in [3.8, 4) is 12.1 Å². The summed E-state index contributed by atoms with van der Waals surface area (Å²) in [5.74, 6) is 0. The number of hydrogen-bond acceptors (Lipinski definition) is 4. The van der Waals surface area contributed by atoms with Gasteiger partial charge < -0.3 is 0 Å². The molecular weight excluding hydrogens is 178 g/mol. The van der Waals surface area contributed by atoms with Crippen LogP contribution in [-0.2, 0) is 0 Å². The first-order valence-corrected chi connectivity index (χ1v) is 3.86. The number of nitriles is 2. The van der Waals surface area contributed by atoms with Crippen LogP contribution in [0.4, 0.5) is 5.69 Å². The summed E-state index contributed by atoms with van der Waals surface area (Å²) < 4.78 is 0. The molecule has 0 unspecified atom stereocenters. The van der Waals surface area contributed by atoms with Gasteiger partial charge in [-0.1, -0.05) is 5.22 Å². The molecule has 0 aliphatic carbocycles. The highest BCUT2D eigenvalue weighted by molar-refractivity contribution is 5.46. The van der Waals surface area contributed by atoms with Crippen molar-refractivity contribution in [1.29, 1.82) is 10.5 Å². The van der Waals surface area contributed by atoms with Crippen molar-refractivity contribution in [2.45, 2.75) is 0 Å². The zero-order chi connectivity index (χ0) is 10.2. The predicted octanol–water partition coefficient (Wildman–Crippen LogP) is 1.86. The van der Waals surface area contributed by atoms with Crippen molar-refractivity contribution >= 4 is 5.69 Å². The molecule has 1 aromatic carbocycles. The van der Waals surface area contributed by atoms with Crippen molar-refractivity contribution in [2.24, 2.45) is 10.3 Å². The Kier molecular flexibility index (Phi) is 3.65. The summed E-state index contributed by atoms with van der Waals surface area (Å²) >= 11 is 0. The van der Waals surface area contributed by atoms with Crippen LogP contribution in [0.3, 0.4) is 0 Å². The molecule has 5 nitrogen and oxygen atoms in total. The van der Waals surface area contributed by atoms with Gasteiger partial charge in [-0.3, -0.25) is 5.43 Å². The van der Waals surface area contributed by atoms with Gasteiger partial charge in [-0.15, -0.1) is 0 Å². The summed E-state index contributed by atoms with van der Waals surface area (Å²) in [6, 6.07) is 10.6. The van der Waals surface area contributed by atoms with Crippen LogP contribution in [-0.4, -0.2) is 6.54 Å². The summed E-state index contributed by atoms with van der Waals surface area (Å²) in [7, 11) is 0. The Morgan fingerprint density at radius 3 is 2.50 bits per heavy atom. The number of nitrogens with one attached hydrogen (secondary N) is 1. The molecule has 0 radical (unpaired) electrons. The Labute approximate surface area is 81.3 Å². The summed E-state index contributed by atoms with van der Waals surface area (Å²) in [5, 5.41) is 23.8. The second-order valence-electron chi connectivity index (χ2n) is 2.36. The molecular formula is C9H7N5. The molecule has 0 amide bonds. The first-order valence-electron chi connectivity index (χ1n) is 3.86. The van der Waals surface area contributed by atoms with E-state index in [1.54, 1.807) is 24.3 Å². The molecule has 1 rings (SSSR count). The molecule has 0 heterocycles. The van der Waals surface area contributed by atoms with E-state index in [0.29, 0.717) is 5.56 Å². The number of nitrogens with zero attached hydrogens (tertiary/aromatic N) is 4. The van der Waals surface area contributed by atoms with Crippen LogP contribution in [0.25, 0.3) is 0 Å². The van der Waals surface area contributed by atoms with Crippen LogP contribution in [0.1, 0.15) is 5.56 Å². The van der Waals surface area contributed by atoms with Gasteiger partial charge in [0, 0.05) is 0 Å². The molecule has 1 N–H and O–H groups in total. The monoisotopic (exact) mass is 185 g/mol. The lowest BCUT2D eigenvalue weighted by atomic mass is 10.2. The maximum Gasteiger partial charge on any atom is 0.149 e. The normalized spacial score (nSPS) is 9.29. The zero-order valence-corrected chi connectivity index (χ0v) is 7.31. The van der Waals surface area contributed by atoms with Gasteiger partial charge in [0.2, 0.25) is 0 Å². The molecule has 0 spiro atoms. The molecule has 0 atom stereocenters. The van der Waals surface area contributed by atoms with Crippen molar-refractivity contribution in [3.05, 3.63) is 29.8 Å². The van der Waals surface area contributed by atoms with Gasteiger partial charge in [-0.2, -0.15) is 15.6 Å². The first kappa shape index (κ1) is 9.69. The minimum atomic E-state index is 0.0310. The summed E-state index contributed by atoms with van der Waals surface area (Å²) in [4.78, 5) is 0. The molecule has 0 saturated carbocycles. The minimum Gasteiger partial charge on any atom is -0.260 e. The van der Waals surface area contributed by atoms with Crippen molar-refractivity contribution in [2.75, 3.05) is 12.0 Å². The predicted molar refractivity (Wildman–Crippen MR) is 50.1 cm³/mol. The SMILES string of the molecule is N#CCN=NNc1ccc(C#N)cc1. The lowest BCUT2D eigenvalue weighted by molar-refractivity contribution is 1.02. The lowest BCUT2D eigenvalue weighted by Crippen LogP contribution is -1.87. The van der Waals surface area contributed by atoms with Crippen LogP contribution in [0.2, 0.25) is 0 Å². The summed E-state index contributed by atoms with van der Waals surface area (Å²) in [6.45, 7) is 0.0310. The topological polar surface area (TPSA) is 84.3 Å². The second kappa shape index (κ2) is 5.28. The Balaban J connectivity index is 2.54. The van der Waals surface area contributed by atoms with E-state index in [1.165, 1.54) is 0 Å². The Morgan fingerprint density at radius 2 is 1.93 bits per heavy atom. The van der Waals surface area contributed by atoms with Gasteiger partial charge in [0.1, 0.15) is 6.54 Å². The van der Waals surface area contributed by atoms with E-state index in [9.17, 15) is 0 Å². The van der Waals surface area contributed by atoms with Crippen molar-refractivity contribution < 1.29 is 0 Å². The number of rotatable bonds is 3. The van der Waals surface area contributed by atoms with Gasteiger partial charge in [0.25, 0.3) is 0 Å². The number of benzene rings is 1. The third-order valence-electron chi connectivity index (χ3n) is 1.41. The average molecular weight is 185 g/mol. The van der Waals surface area contributed by atoms with E-state index in [1.807, 2.05) is 12.1 Å². The Morgan fingerprint density at radius 1 is 1.21 bits per heavy atom. The Bertz CT molecular complexity index is 393. The van der Waals surface area contributed by atoms with Crippen LogP contribution in [0, 0.1) is 22.7 Å². The van der Waals surface area contributed by atoms with Crippen molar-refractivity contribution in [3.63, 3.8) is 0 Å². The fourth-order valence-electron chi connectivity index (χ4n) is 0.779. The highest BCUT2D eigenvalue weighted by Crippen LogP contribution is 2.08. The number of hydrogen-bond donors (Lipinski definition) is 1. The van der Waals surface area contributed by atoms with E-state index >= 15 is 0 Å². The van der Waals surface area contributed by atoms with Crippen molar-refractivity contribution in [1.82, 2.24) is 0 Å². The maximum atomic E-state index is 8.53. The van der Waals surface area contributed by atoms with E-state index in [0.717, 1.165) is 5.69 Å². The molecule has 0 aliphatic rings. The van der Waals surface area contributed by atoms with Crippen LogP contribution in [0.5, 0.6) is 0 Å². The quantitative estimate of drug-likeness (QED) is 0.443. The van der Waals surface area contributed by atoms with Gasteiger partial charge in [0.05, 0.1) is 23.4 Å². The molecule has 68 valence electrons. The van der Waals surface area contributed by atoms with Gasteiger partial charge in [-0.25, -0.2) is 0 Å². The van der Waals surface area contributed by atoms with Gasteiger partial charge in [0.15, 0.2) is 0 Å². The lowest BCUT2D eigenvalue weighted by Gasteiger charge is -1.96. The van der Waals surface area contributed by atoms with Crippen LogP contribution < -0.4 is 5.43 Å². The molecule has 0 aromatic heterocycles. The summed E-state index contributed by atoms with van der Waals surface area (Å²) in [6.07, 6.45) is 0. The standard InChI is InChI=1S/C9H7N5/c10-5-6-12-14-13-9-3-1-8(7-11)2-4-9/h1-4H,6H2,(H,12,13). The van der Waals surface area contributed by atoms with E-state index in [2.05, 4.69) is 15.8 Å². The Hall–Kier alpha value is -2.40. The fraction of sp³-hybridized carbons (Fsp3) is 0.111. The molecule has 0 saturated heterocycles. The molecule has 0 aliphatic heterocycles. The smallest absolute Gasteiger partial charge is 0.149 e. The third kappa shape index (κ3) is 2.92. The number of anilines is 1. The minimum absolute atomic E-state index is 0.0310. The third-order valence-corrected chi connectivity index (χ3v) is 1.41. The molecule has 14 heavy (non-hydrogen) atoms. The average Bonchev–Trinajstić information content (AvgIpc) is 2.25. The van der Waals surface area contributed by atoms with Crippen LogP contribution in [0.15, 0.2) is 34.6 Å².